The van der Waals surface area contributed by atoms with Crippen LogP contribution < -0.4 is 5.32 Å². The molecule has 0 radical (unpaired) electrons. The molecule has 0 bridgehead atoms. The summed E-state index contributed by atoms with van der Waals surface area (Å²) in [4.78, 5) is 29.8. The van der Waals surface area contributed by atoms with Crippen molar-refractivity contribution in [3.63, 3.8) is 0 Å². The number of rotatable bonds is 5. The standard InChI is InChI=1S/C21H20N2O3/c1-13(2)12-18(21(25)26-3)23-20(24)19-14-8-4-6-10-16(14)22-17-11-7-5-9-15(17)19/h4-11,18H,1,12H2,2-3H3,(H,23,24)/t18-/m1/s1. The third-order valence-electron chi connectivity index (χ3n) is 4.16. The van der Waals surface area contributed by atoms with Crippen LogP contribution in [0.3, 0.4) is 0 Å². The van der Waals surface area contributed by atoms with Crippen LogP contribution in [0.4, 0.5) is 0 Å². The number of aromatic nitrogens is 1. The molecule has 0 fully saturated rings. The molecule has 3 aromatic rings. The van der Waals surface area contributed by atoms with Crippen LogP contribution in [0.25, 0.3) is 21.8 Å². The third kappa shape index (κ3) is 3.42. The molecule has 2 aromatic carbocycles. The second-order valence-electron chi connectivity index (χ2n) is 6.23. The number of fused-ring (bicyclic) bond motifs is 2. The number of carbonyl (C=O) groups is 2. The van der Waals surface area contributed by atoms with Gasteiger partial charge in [0.2, 0.25) is 0 Å². The maximum absolute atomic E-state index is 13.1. The molecule has 1 amide bonds. The van der Waals surface area contributed by atoms with E-state index in [9.17, 15) is 9.59 Å². The summed E-state index contributed by atoms with van der Waals surface area (Å²) in [5.41, 5.74) is 2.74. The minimum atomic E-state index is -0.782. The maximum atomic E-state index is 13.1. The molecule has 0 aliphatic rings. The summed E-state index contributed by atoms with van der Waals surface area (Å²) < 4.78 is 4.82. The van der Waals surface area contributed by atoms with E-state index in [0.717, 1.165) is 27.4 Å². The zero-order valence-electron chi connectivity index (χ0n) is 14.8. The monoisotopic (exact) mass is 348 g/mol. The highest BCUT2D eigenvalue weighted by molar-refractivity contribution is 6.16. The van der Waals surface area contributed by atoms with E-state index in [1.54, 1.807) is 6.92 Å². The number of esters is 1. The fraction of sp³-hybridized carbons (Fsp3) is 0.190. The summed E-state index contributed by atoms with van der Waals surface area (Å²) in [6, 6.07) is 14.1. The molecule has 1 aromatic heterocycles. The number of para-hydroxylation sites is 2. The van der Waals surface area contributed by atoms with Crippen LogP contribution in [0, 0.1) is 0 Å². The minimum Gasteiger partial charge on any atom is -0.467 e. The van der Waals surface area contributed by atoms with Gasteiger partial charge in [0, 0.05) is 10.8 Å². The molecule has 0 aliphatic heterocycles. The summed E-state index contributed by atoms with van der Waals surface area (Å²) in [7, 11) is 1.30. The molecule has 1 heterocycles. The Hall–Kier alpha value is -3.21. The molecule has 1 N–H and O–H groups in total. The molecule has 132 valence electrons. The van der Waals surface area contributed by atoms with E-state index in [2.05, 4.69) is 16.9 Å². The van der Waals surface area contributed by atoms with E-state index in [1.165, 1.54) is 7.11 Å². The SMILES string of the molecule is C=C(C)C[C@@H](NC(=O)c1c2ccccc2nc2ccccc12)C(=O)OC. The van der Waals surface area contributed by atoms with Gasteiger partial charge in [-0.1, -0.05) is 42.0 Å². The fourth-order valence-corrected chi connectivity index (χ4v) is 3.00. The Morgan fingerprint density at radius 1 is 1.08 bits per heavy atom. The summed E-state index contributed by atoms with van der Waals surface area (Å²) in [5.74, 6) is -0.833. The number of benzene rings is 2. The van der Waals surface area contributed by atoms with Gasteiger partial charge < -0.3 is 10.1 Å². The number of pyridine rings is 1. The number of amides is 1. The van der Waals surface area contributed by atoms with E-state index < -0.39 is 12.0 Å². The Morgan fingerprint density at radius 3 is 2.12 bits per heavy atom. The zero-order valence-corrected chi connectivity index (χ0v) is 14.8. The largest absolute Gasteiger partial charge is 0.467 e. The molecule has 26 heavy (non-hydrogen) atoms. The third-order valence-corrected chi connectivity index (χ3v) is 4.16. The summed E-state index contributed by atoms with van der Waals surface area (Å²) >= 11 is 0. The number of nitrogens with one attached hydrogen (secondary N) is 1. The molecule has 0 spiro atoms. The van der Waals surface area contributed by atoms with Crippen LogP contribution in [-0.2, 0) is 9.53 Å². The van der Waals surface area contributed by atoms with Crippen molar-refractivity contribution < 1.29 is 14.3 Å². The van der Waals surface area contributed by atoms with Crippen LogP contribution in [0.5, 0.6) is 0 Å². The Balaban J connectivity index is 2.11. The number of carbonyl (C=O) groups excluding carboxylic acids is 2. The number of nitrogens with zero attached hydrogens (tertiary/aromatic N) is 1. The average molecular weight is 348 g/mol. The van der Waals surface area contributed by atoms with E-state index in [0.29, 0.717) is 12.0 Å². The van der Waals surface area contributed by atoms with E-state index >= 15 is 0 Å². The molecule has 0 saturated heterocycles. The van der Waals surface area contributed by atoms with Crippen LogP contribution in [0.1, 0.15) is 23.7 Å². The first kappa shape index (κ1) is 17.6. The van der Waals surface area contributed by atoms with Gasteiger partial charge in [-0.15, -0.1) is 6.58 Å². The fourth-order valence-electron chi connectivity index (χ4n) is 3.00. The minimum absolute atomic E-state index is 0.319. The zero-order chi connectivity index (χ0) is 18.7. The van der Waals surface area contributed by atoms with Gasteiger partial charge in [0.15, 0.2) is 0 Å². The van der Waals surface area contributed by atoms with Gasteiger partial charge >= 0.3 is 5.97 Å². The van der Waals surface area contributed by atoms with Gasteiger partial charge in [0.05, 0.1) is 23.7 Å². The molecule has 5 heteroatoms. The van der Waals surface area contributed by atoms with Crippen molar-refractivity contribution in [1.82, 2.24) is 10.3 Å². The van der Waals surface area contributed by atoms with E-state index in [1.807, 2.05) is 48.5 Å². The Labute approximate surface area is 151 Å². The second kappa shape index (κ2) is 7.35. The van der Waals surface area contributed by atoms with E-state index in [-0.39, 0.29) is 5.91 Å². The Morgan fingerprint density at radius 2 is 1.62 bits per heavy atom. The number of ether oxygens (including phenoxy) is 1. The van der Waals surface area contributed by atoms with Gasteiger partial charge in [-0.3, -0.25) is 4.79 Å². The van der Waals surface area contributed by atoms with Crippen LogP contribution >= 0.6 is 0 Å². The lowest BCUT2D eigenvalue weighted by Crippen LogP contribution is -2.41. The number of methoxy groups -OCH3 is 1. The lowest BCUT2D eigenvalue weighted by Gasteiger charge is -2.18. The first-order valence-corrected chi connectivity index (χ1v) is 8.32. The lowest BCUT2D eigenvalue weighted by molar-refractivity contribution is -0.142. The molecular weight excluding hydrogens is 328 g/mol. The molecule has 0 aliphatic carbocycles. The predicted octanol–water partition coefficient (Wildman–Crippen LogP) is 3.63. The summed E-state index contributed by atoms with van der Waals surface area (Å²) in [6.07, 6.45) is 0.319. The highest BCUT2D eigenvalue weighted by atomic mass is 16.5. The van der Waals surface area contributed by atoms with Crippen LogP contribution in [0.15, 0.2) is 60.7 Å². The summed E-state index contributed by atoms with van der Waals surface area (Å²) in [5, 5.41) is 4.27. The highest BCUT2D eigenvalue weighted by Crippen LogP contribution is 2.26. The maximum Gasteiger partial charge on any atom is 0.328 e. The van der Waals surface area contributed by atoms with Crippen molar-refractivity contribution in [3.05, 3.63) is 66.2 Å². The van der Waals surface area contributed by atoms with Crippen molar-refractivity contribution in [2.45, 2.75) is 19.4 Å². The van der Waals surface area contributed by atoms with Gasteiger partial charge in [-0.2, -0.15) is 0 Å². The predicted molar refractivity (Wildman–Crippen MR) is 102 cm³/mol. The molecule has 5 nitrogen and oxygen atoms in total. The number of hydrogen-bond acceptors (Lipinski definition) is 4. The van der Waals surface area contributed by atoms with E-state index in [4.69, 9.17) is 4.74 Å². The van der Waals surface area contributed by atoms with Gasteiger partial charge in [0.25, 0.3) is 5.91 Å². The van der Waals surface area contributed by atoms with Crippen LogP contribution in [0.2, 0.25) is 0 Å². The topological polar surface area (TPSA) is 68.3 Å². The number of hydrogen-bond donors (Lipinski definition) is 1. The van der Waals surface area contributed by atoms with Crippen molar-refractivity contribution in [2.75, 3.05) is 7.11 Å². The lowest BCUT2D eigenvalue weighted by atomic mass is 10.0. The molecule has 1 atom stereocenters. The summed E-state index contributed by atoms with van der Waals surface area (Å²) in [6.45, 7) is 5.63. The van der Waals surface area contributed by atoms with Crippen LogP contribution in [-0.4, -0.2) is 30.0 Å². The van der Waals surface area contributed by atoms with Gasteiger partial charge in [-0.25, -0.2) is 9.78 Å². The first-order chi connectivity index (χ1) is 12.5. The average Bonchev–Trinajstić information content (AvgIpc) is 2.64. The Kier molecular flexibility index (Phi) is 4.98. The van der Waals surface area contributed by atoms with Crippen molar-refractivity contribution >= 4 is 33.7 Å². The van der Waals surface area contributed by atoms with Crippen molar-refractivity contribution in [1.29, 1.82) is 0 Å². The second-order valence-corrected chi connectivity index (χ2v) is 6.23. The smallest absolute Gasteiger partial charge is 0.328 e. The molecule has 3 rings (SSSR count). The molecule has 0 unspecified atom stereocenters. The Bertz CT molecular complexity index is 956. The molecule has 0 saturated carbocycles. The normalized spacial score (nSPS) is 11.9. The van der Waals surface area contributed by atoms with Gasteiger partial charge in [0.1, 0.15) is 6.04 Å². The first-order valence-electron chi connectivity index (χ1n) is 8.32. The molecular formula is C21H20N2O3. The van der Waals surface area contributed by atoms with Crippen molar-refractivity contribution in [2.24, 2.45) is 0 Å². The van der Waals surface area contributed by atoms with Gasteiger partial charge in [-0.05, 0) is 25.5 Å². The van der Waals surface area contributed by atoms with Crippen molar-refractivity contribution in [3.8, 4) is 0 Å². The quantitative estimate of drug-likeness (QED) is 0.434. The highest BCUT2D eigenvalue weighted by Gasteiger charge is 2.24.